The summed E-state index contributed by atoms with van der Waals surface area (Å²) in [5, 5.41) is 59.6. The smallest absolute Gasteiger partial charge is 0.251 e. The molecule has 0 rings (SSSR count). The van der Waals surface area contributed by atoms with Crippen LogP contribution in [0, 0.1) is 0 Å². The minimum atomic E-state index is -2.06. The third-order valence-electron chi connectivity index (χ3n) is 6.94. The number of carbonyl (C=O) groups excluding carboxylic acids is 2. The molecule has 0 fully saturated rings. The molecule has 0 aromatic carbocycles. The van der Waals surface area contributed by atoms with Crippen LogP contribution in [0.2, 0.25) is 0 Å². The Hall–Kier alpha value is -1.26. The number of aliphatic hydroxyl groups excluding tert-OH is 4. The minimum Gasteiger partial charge on any atom is -0.387 e. The topological polar surface area (TPSA) is 196 Å². The van der Waals surface area contributed by atoms with Crippen molar-refractivity contribution in [3.63, 3.8) is 0 Å². The number of hydrogen-bond acceptors (Lipinski definition) is 12. The second-order valence-corrected chi connectivity index (χ2v) is 9.78. The van der Waals surface area contributed by atoms with Gasteiger partial charge in [0, 0.05) is 78.6 Å². The van der Waals surface area contributed by atoms with Crippen LogP contribution in [0.1, 0.15) is 47.0 Å². The molecule has 0 saturated carbocycles. The zero-order chi connectivity index (χ0) is 29.7. The fourth-order valence-corrected chi connectivity index (χ4v) is 3.77. The van der Waals surface area contributed by atoms with Crippen LogP contribution in [-0.4, -0.2) is 141 Å². The van der Waals surface area contributed by atoms with E-state index >= 15 is 0 Å². The Morgan fingerprint density at radius 1 is 0.692 bits per heavy atom. The summed E-state index contributed by atoms with van der Waals surface area (Å²) in [6.45, 7) is 15.0. The first-order chi connectivity index (χ1) is 18.6. The average molecular weight is 565 g/mol. The van der Waals surface area contributed by atoms with Gasteiger partial charge in [-0.2, -0.15) is 0 Å². The lowest BCUT2D eigenvalue weighted by Gasteiger charge is -2.31. The molecule has 232 valence electrons. The van der Waals surface area contributed by atoms with Gasteiger partial charge in [0.05, 0.1) is 0 Å². The standard InChI is InChI=1S/C26H56N6O7/c1-6-19(7-2)31-17-15-29-13-11-27-9-10-28-12-14-30-16-18-32-25(38)23(36)21(34)20(33)22(35)24(37)26(4,8-3)39-5/h19-23,27-31,33-36H,6-18H2,1-5H3,(H,32,38)/t20-,21-,22-,23+,26?/m0/s1. The number of nitrogens with one attached hydrogen (secondary N) is 6. The second-order valence-electron chi connectivity index (χ2n) is 9.78. The summed E-state index contributed by atoms with van der Waals surface area (Å²) in [5.41, 5.74) is -1.37. The molecular formula is C26H56N6O7. The first-order valence-electron chi connectivity index (χ1n) is 14.2. The molecule has 0 radical (unpaired) electrons. The molecule has 0 aliphatic carbocycles. The van der Waals surface area contributed by atoms with Crippen LogP contribution in [0.25, 0.3) is 0 Å². The Kier molecular flexibility index (Phi) is 21.7. The molecule has 1 unspecified atom stereocenters. The number of hydrogen-bond donors (Lipinski definition) is 10. The summed E-state index contributed by atoms with van der Waals surface area (Å²) in [5.74, 6) is -1.78. The second kappa shape index (κ2) is 22.4. The summed E-state index contributed by atoms with van der Waals surface area (Å²) < 4.78 is 5.09. The van der Waals surface area contributed by atoms with Crippen LogP contribution in [0.5, 0.6) is 0 Å². The van der Waals surface area contributed by atoms with E-state index in [9.17, 15) is 30.0 Å². The molecule has 10 N–H and O–H groups in total. The van der Waals surface area contributed by atoms with Gasteiger partial charge >= 0.3 is 0 Å². The van der Waals surface area contributed by atoms with E-state index in [2.05, 4.69) is 45.7 Å². The van der Waals surface area contributed by atoms with Gasteiger partial charge in [-0.15, -0.1) is 0 Å². The van der Waals surface area contributed by atoms with Gasteiger partial charge in [0.1, 0.15) is 23.9 Å². The van der Waals surface area contributed by atoms with Gasteiger partial charge in [-0.1, -0.05) is 20.8 Å². The highest BCUT2D eigenvalue weighted by Gasteiger charge is 2.43. The minimum absolute atomic E-state index is 0.180. The third kappa shape index (κ3) is 15.4. The van der Waals surface area contributed by atoms with Crippen LogP contribution in [0.15, 0.2) is 0 Å². The number of rotatable bonds is 26. The Morgan fingerprint density at radius 3 is 1.51 bits per heavy atom. The maximum atomic E-state index is 12.4. The highest BCUT2D eigenvalue weighted by molar-refractivity contribution is 5.91. The van der Waals surface area contributed by atoms with Crippen LogP contribution >= 0.6 is 0 Å². The van der Waals surface area contributed by atoms with E-state index in [-0.39, 0.29) is 13.0 Å². The molecule has 1 amide bonds. The lowest BCUT2D eigenvalue weighted by atomic mass is 9.88. The molecule has 0 spiro atoms. The molecule has 0 aliphatic rings. The van der Waals surface area contributed by atoms with Crippen molar-refractivity contribution in [2.24, 2.45) is 0 Å². The van der Waals surface area contributed by atoms with Crippen LogP contribution < -0.4 is 31.9 Å². The molecule has 0 saturated heterocycles. The monoisotopic (exact) mass is 564 g/mol. The Morgan fingerprint density at radius 2 is 1.10 bits per heavy atom. The number of Topliss-reactive ketones (excluding diaryl/α,β-unsaturated/α-hetero) is 1. The molecule has 0 aliphatic heterocycles. The first-order valence-corrected chi connectivity index (χ1v) is 14.2. The number of amides is 1. The highest BCUT2D eigenvalue weighted by atomic mass is 16.5. The van der Waals surface area contributed by atoms with Crippen LogP contribution in [-0.2, 0) is 14.3 Å². The van der Waals surface area contributed by atoms with E-state index in [1.807, 2.05) is 0 Å². The average Bonchev–Trinajstić information content (AvgIpc) is 2.96. The van der Waals surface area contributed by atoms with Gasteiger partial charge in [-0.05, 0) is 26.2 Å². The molecular weight excluding hydrogens is 508 g/mol. The Balaban J connectivity index is 3.84. The summed E-state index contributed by atoms with van der Waals surface area (Å²) in [6, 6.07) is 0.607. The zero-order valence-electron chi connectivity index (χ0n) is 24.6. The normalized spacial score (nSPS) is 16.5. The lowest BCUT2D eigenvalue weighted by molar-refractivity contribution is -0.166. The molecule has 0 bridgehead atoms. The Labute approximate surface area is 234 Å². The number of ether oxygens (including phenoxy) is 1. The van der Waals surface area contributed by atoms with Gasteiger partial charge in [-0.25, -0.2) is 0 Å². The maximum absolute atomic E-state index is 12.4. The van der Waals surface area contributed by atoms with Crippen molar-refractivity contribution in [1.82, 2.24) is 31.9 Å². The van der Waals surface area contributed by atoms with E-state index in [0.717, 1.165) is 58.7 Å². The zero-order valence-corrected chi connectivity index (χ0v) is 24.6. The van der Waals surface area contributed by atoms with E-state index in [1.54, 1.807) is 6.92 Å². The third-order valence-corrected chi connectivity index (χ3v) is 6.94. The Bertz CT molecular complexity index is 638. The van der Waals surface area contributed by atoms with Crippen molar-refractivity contribution >= 4 is 11.7 Å². The SMILES string of the molecule is CCC(CC)NCCNCCNCCNCCNCCNC(=O)[C@H](O)[C@@H](O)[C@H](O)[C@H](O)C(=O)C(C)(CC)OC. The van der Waals surface area contributed by atoms with E-state index in [0.29, 0.717) is 19.1 Å². The van der Waals surface area contributed by atoms with Crippen LogP contribution in [0.4, 0.5) is 0 Å². The predicted molar refractivity (Wildman–Crippen MR) is 152 cm³/mol. The molecule has 0 aromatic heterocycles. The summed E-state index contributed by atoms with van der Waals surface area (Å²) in [4.78, 5) is 24.5. The summed E-state index contributed by atoms with van der Waals surface area (Å²) in [6.07, 6.45) is -5.63. The molecule has 13 nitrogen and oxygen atoms in total. The van der Waals surface area contributed by atoms with Gasteiger partial charge < -0.3 is 57.1 Å². The van der Waals surface area contributed by atoms with E-state index in [1.165, 1.54) is 14.0 Å². The van der Waals surface area contributed by atoms with Crippen molar-refractivity contribution in [2.45, 2.75) is 83.0 Å². The largest absolute Gasteiger partial charge is 0.387 e. The predicted octanol–water partition coefficient (Wildman–Crippen LogP) is -2.93. The molecule has 5 atom stereocenters. The summed E-state index contributed by atoms with van der Waals surface area (Å²) >= 11 is 0. The molecule has 13 heteroatoms. The van der Waals surface area contributed by atoms with Crippen molar-refractivity contribution in [1.29, 1.82) is 0 Å². The highest BCUT2D eigenvalue weighted by Crippen LogP contribution is 2.20. The quantitative estimate of drug-likeness (QED) is 0.0481. The number of carbonyl (C=O) groups is 2. The van der Waals surface area contributed by atoms with Gasteiger partial charge in [0.25, 0.3) is 5.91 Å². The van der Waals surface area contributed by atoms with E-state index < -0.39 is 41.7 Å². The molecule has 0 heterocycles. The van der Waals surface area contributed by atoms with Crippen molar-refractivity contribution in [3.05, 3.63) is 0 Å². The first kappa shape index (κ1) is 37.7. The van der Waals surface area contributed by atoms with E-state index in [4.69, 9.17) is 4.74 Å². The number of aliphatic hydroxyl groups is 4. The van der Waals surface area contributed by atoms with Crippen molar-refractivity contribution < 1.29 is 34.8 Å². The number of ketones is 1. The maximum Gasteiger partial charge on any atom is 0.251 e. The van der Waals surface area contributed by atoms with Crippen molar-refractivity contribution in [3.8, 4) is 0 Å². The lowest BCUT2D eigenvalue weighted by Crippen LogP contribution is -2.56. The summed E-state index contributed by atoms with van der Waals surface area (Å²) in [7, 11) is 1.29. The van der Waals surface area contributed by atoms with Crippen LogP contribution in [0.3, 0.4) is 0 Å². The fourth-order valence-electron chi connectivity index (χ4n) is 3.77. The van der Waals surface area contributed by atoms with Gasteiger partial charge in [0.15, 0.2) is 11.9 Å². The molecule has 0 aromatic rings. The van der Waals surface area contributed by atoms with Gasteiger partial charge in [-0.3, -0.25) is 9.59 Å². The fraction of sp³-hybridized carbons (Fsp3) is 0.923. The number of methoxy groups -OCH3 is 1. The van der Waals surface area contributed by atoms with Gasteiger partial charge in [0.2, 0.25) is 0 Å². The van der Waals surface area contributed by atoms with Crippen molar-refractivity contribution in [2.75, 3.05) is 72.6 Å². The molecule has 39 heavy (non-hydrogen) atoms.